The number of halogens is 2. The normalized spacial score (nSPS) is 10.4. The fourth-order valence-corrected chi connectivity index (χ4v) is 1.31. The summed E-state index contributed by atoms with van der Waals surface area (Å²) in [6.45, 7) is 0.321. The van der Waals surface area contributed by atoms with Gasteiger partial charge in [0.15, 0.2) is 11.6 Å². The summed E-state index contributed by atoms with van der Waals surface area (Å²) >= 11 is 0. The summed E-state index contributed by atoms with van der Waals surface area (Å²) in [6, 6.07) is 2.31. The zero-order chi connectivity index (χ0) is 11.5. The van der Waals surface area contributed by atoms with Crippen LogP contribution in [0.15, 0.2) is 24.5 Å². The van der Waals surface area contributed by atoms with E-state index in [1.807, 2.05) is 0 Å². The molecule has 0 fully saturated rings. The number of aromatic amines is 1. The van der Waals surface area contributed by atoms with E-state index in [2.05, 4.69) is 15.5 Å². The Hall–Kier alpha value is -2.11. The van der Waals surface area contributed by atoms with Crippen LogP contribution in [0.3, 0.4) is 0 Å². The van der Waals surface area contributed by atoms with E-state index in [1.54, 1.807) is 12.4 Å². The molecule has 0 aliphatic heterocycles. The van der Waals surface area contributed by atoms with E-state index in [0.29, 0.717) is 6.54 Å². The first-order valence-electron chi connectivity index (χ1n) is 4.63. The highest BCUT2D eigenvalue weighted by Crippen LogP contribution is 2.24. The second kappa shape index (κ2) is 4.18. The van der Waals surface area contributed by atoms with Crippen LogP contribution in [0.5, 0.6) is 0 Å². The van der Waals surface area contributed by atoms with Crippen molar-refractivity contribution in [3.8, 4) is 0 Å². The first-order valence-corrected chi connectivity index (χ1v) is 4.63. The van der Waals surface area contributed by atoms with Gasteiger partial charge in [-0.15, -0.1) is 0 Å². The number of hydrogen-bond acceptors (Lipinski definition) is 3. The molecule has 0 saturated carbocycles. The topological polar surface area (TPSA) is 66.7 Å². The molecular weight excluding hydrogens is 214 g/mol. The molecule has 0 aliphatic rings. The van der Waals surface area contributed by atoms with Gasteiger partial charge in [-0.2, -0.15) is 5.10 Å². The van der Waals surface area contributed by atoms with Gasteiger partial charge < -0.3 is 11.1 Å². The van der Waals surface area contributed by atoms with E-state index in [-0.39, 0.29) is 11.4 Å². The van der Waals surface area contributed by atoms with Crippen molar-refractivity contribution in [2.24, 2.45) is 0 Å². The Kier molecular flexibility index (Phi) is 2.72. The lowest BCUT2D eigenvalue weighted by molar-refractivity contribution is 0.511. The highest BCUT2D eigenvalue weighted by atomic mass is 19.2. The molecule has 0 saturated heterocycles. The lowest BCUT2D eigenvalue weighted by Crippen LogP contribution is -2.05. The number of rotatable bonds is 3. The van der Waals surface area contributed by atoms with E-state index in [0.717, 1.165) is 11.6 Å². The minimum Gasteiger partial charge on any atom is -0.397 e. The van der Waals surface area contributed by atoms with Crippen LogP contribution in [0.4, 0.5) is 20.2 Å². The maximum absolute atomic E-state index is 13.4. The van der Waals surface area contributed by atoms with Gasteiger partial charge in [-0.05, 0) is 12.1 Å². The van der Waals surface area contributed by atoms with Gasteiger partial charge in [0.05, 0.1) is 17.6 Å². The third-order valence-electron chi connectivity index (χ3n) is 2.15. The highest BCUT2D eigenvalue weighted by Gasteiger charge is 2.11. The molecule has 0 radical (unpaired) electrons. The van der Waals surface area contributed by atoms with E-state index in [1.165, 1.54) is 6.07 Å². The van der Waals surface area contributed by atoms with Crippen LogP contribution in [-0.2, 0) is 6.54 Å². The molecule has 0 bridgehead atoms. The van der Waals surface area contributed by atoms with Crippen molar-refractivity contribution in [3.05, 3.63) is 41.7 Å². The molecule has 2 rings (SSSR count). The molecular formula is C10H10F2N4. The molecule has 0 spiro atoms. The van der Waals surface area contributed by atoms with Crippen molar-refractivity contribution in [1.82, 2.24) is 10.2 Å². The van der Waals surface area contributed by atoms with Crippen LogP contribution < -0.4 is 11.1 Å². The summed E-state index contributed by atoms with van der Waals surface area (Å²) in [6.07, 6.45) is 3.24. The summed E-state index contributed by atoms with van der Waals surface area (Å²) in [5.41, 5.74) is 6.50. The van der Waals surface area contributed by atoms with Crippen LogP contribution in [-0.4, -0.2) is 10.2 Å². The molecule has 16 heavy (non-hydrogen) atoms. The van der Waals surface area contributed by atoms with Gasteiger partial charge in [0.2, 0.25) is 0 Å². The summed E-state index contributed by atoms with van der Waals surface area (Å²) in [4.78, 5) is 0. The number of nitrogens with one attached hydrogen (secondary N) is 2. The fourth-order valence-electron chi connectivity index (χ4n) is 1.31. The van der Waals surface area contributed by atoms with E-state index < -0.39 is 11.6 Å². The van der Waals surface area contributed by atoms with Crippen LogP contribution in [0.25, 0.3) is 0 Å². The van der Waals surface area contributed by atoms with Gasteiger partial charge in [0.1, 0.15) is 0 Å². The van der Waals surface area contributed by atoms with Gasteiger partial charge in [0, 0.05) is 18.3 Å². The average Bonchev–Trinajstić information content (AvgIpc) is 2.77. The molecule has 0 unspecified atom stereocenters. The average molecular weight is 224 g/mol. The third kappa shape index (κ3) is 1.95. The Bertz CT molecular complexity index is 482. The summed E-state index contributed by atoms with van der Waals surface area (Å²) in [7, 11) is 0. The number of anilines is 2. The lowest BCUT2D eigenvalue weighted by atomic mass is 10.2. The molecule has 0 amide bonds. The largest absolute Gasteiger partial charge is 0.397 e. The van der Waals surface area contributed by atoms with E-state index in [9.17, 15) is 8.78 Å². The Morgan fingerprint density at radius 3 is 2.88 bits per heavy atom. The lowest BCUT2D eigenvalue weighted by Gasteiger charge is -2.09. The van der Waals surface area contributed by atoms with E-state index >= 15 is 0 Å². The van der Waals surface area contributed by atoms with Gasteiger partial charge in [-0.25, -0.2) is 8.78 Å². The number of H-pyrrole nitrogens is 1. The number of aromatic nitrogens is 2. The van der Waals surface area contributed by atoms with Gasteiger partial charge >= 0.3 is 0 Å². The standard InChI is InChI=1S/C10H10F2N4/c11-7-1-2-8(13)10(9(7)12)14-3-6-4-15-16-5-6/h1-2,4-5,14H,3,13H2,(H,15,16). The molecule has 0 atom stereocenters. The van der Waals surface area contributed by atoms with Crippen LogP contribution >= 0.6 is 0 Å². The number of hydrogen-bond donors (Lipinski definition) is 3. The summed E-state index contributed by atoms with van der Waals surface area (Å²) in [5, 5.41) is 9.07. The number of benzene rings is 1. The minimum absolute atomic E-state index is 0.0267. The number of nitrogen functional groups attached to an aromatic ring is 1. The maximum Gasteiger partial charge on any atom is 0.183 e. The first kappa shape index (κ1) is 10.4. The number of nitrogens with zero attached hydrogens (tertiary/aromatic N) is 1. The molecule has 2 aromatic rings. The highest BCUT2D eigenvalue weighted by molar-refractivity contribution is 5.66. The van der Waals surface area contributed by atoms with Crippen molar-refractivity contribution in [1.29, 1.82) is 0 Å². The SMILES string of the molecule is Nc1ccc(F)c(F)c1NCc1cn[nH]c1. The molecule has 4 N–H and O–H groups in total. The van der Waals surface area contributed by atoms with Crippen LogP contribution in [0.2, 0.25) is 0 Å². The van der Waals surface area contributed by atoms with Crippen molar-refractivity contribution >= 4 is 11.4 Å². The molecule has 0 aliphatic carbocycles. The molecule has 84 valence electrons. The van der Waals surface area contributed by atoms with Gasteiger partial charge in [-0.1, -0.05) is 0 Å². The van der Waals surface area contributed by atoms with Crippen molar-refractivity contribution in [2.45, 2.75) is 6.54 Å². The van der Waals surface area contributed by atoms with Crippen LogP contribution in [0, 0.1) is 11.6 Å². The van der Waals surface area contributed by atoms with Crippen LogP contribution in [0.1, 0.15) is 5.56 Å². The molecule has 1 heterocycles. The zero-order valence-corrected chi connectivity index (χ0v) is 8.30. The van der Waals surface area contributed by atoms with Gasteiger partial charge in [0.25, 0.3) is 0 Å². The number of nitrogens with two attached hydrogens (primary N) is 1. The molecule has 1 aromatic heterocycles. The predicted octanol–water partition coefficient (Wildman–Crippen LogP) is 1.88. The monoisotopic (exact) mass is 224 g/mol. The first-order chi connectivity index (χ1) is 7.68. The van der Waals surface area contributed by atoms with Crippen molar-refractivity contribution < 1.29 is 8.78 Å². The summed E-state index contributed by atoms with van der Waals surface area (Å²) < 4.78 is 26.3. The predicted molar refractivity (Wildman–Crippen MR) is 56.7 cm³/mol. The van der Waals surface area contributed by atoms with E-state index in [4.69, 9.17) is 5.73 Å². The Morgan fingerprint density at radius 1 is 1.38 bits per heavy atom. The molecule has 1 aromatic carbocycles. The van der Waals surface area contributed by atoms with Gasteiger partial charge in [-0.3, -0.25) is 5.10 Å². The summed E-state index contributed by atoms with van der Waals surface area (Å²) in [5.74, 6) is -1.90. The maximum atomic E-state index is 13.4. The minimum atomic E-state index is -0.969. The third-order valence-corrected chi connectivity index (χ3v) is 2.15. The quantitative estimate of drug-likeness (QED) is 0.697. The second-order valence-electron chi connectivity index (χ2n) is 3.29. The smallest absolute Gasteiger partial charge is 0.183 e. The Morgan fingerprint density at radius 2 is 2.19 bits per heavy atom. The van der Waals surface area contributed by atoms with Crippen molar-refractivity contribution in [3.63, 3.8) is 0 Å². The Labute approximate surface area is 90.5 Å². The Balaban J connectivity index is 2.18. The zero-order valence-electron chi connectivity index (χ0n) is 8.30. The molecule has 6 heteroatoms. The molecule has 4 nitrogen and oxygen atoms in total. The van der Waals surface area contributed by atoms with Crippen molar-refractivity contribution in [2.75, 3.05) is 11.1 Å². The second-order valence-corrected chi connectivity index (χ2v) is 3.29. The fraction of sp³-hybridized carbons (Fsp3) is 0.100.